The zero-order chi connectivity index (χ0) is 32.7. The fourth-order valence-corrected chi connectivity index (χ4v) is 9.83. The van der Waals surface area contributed by atoms with Crippen LogP contribution in [0.15, 0.2) is 23.8 Å². The SMILES string of the molecule is CC(=O)O[C@@H]1C[C@@]2(C)[C@@H]3CC=C4[C@@H](C[C@H](O)[C@@H](O)C4(C)C)[C@]3(C)C(=O)C[C@]2(C)[C@H]1C(C)(O)C(=O)/C=C/C(C)(C)OC(C)=O. The average molecular weight is 603 g/mol. The molecule has 43 heavy (non-hydrogen) atoms. The van der Waals surface area contributed by atoms with Crippen molar-refractivity contribution in [1.82, 2.24) is 0 Å². The quantitative estimate of drug-likeness (QED) is 0.234. The number of aliphatic hydroxyl groups is 3. The van der Waals surface area contributed by atoms with Gasteiger partial charge in [0, 0.05) is 37.0 Å². The molecule has 9 nitrogen and oxygen atoms in total. The molecule has 4 rings (SSSR count). The van der Waals surface area contributed by atoms with Crippen molar-refractivity contribution in [2.45, 2.75) is 124 Å². The van der Waals surface area contributed by atoms with Gasteiger partial charge in [0.2, 0.25) is 0 Å². The first-order valence-electron chi connectivity index (χ1n) is 15.4. The van der Waals surface area contributed by atoms with Gasteiger partial charge in [0.05, 0.1) is 12.2 Å². The third-order valence-electron chi connectivity index (χ3n) is 12.1. The van der Waals surface area contributed by atoms with Gasteiger partial charge in [-0.2, -0.15) is 0 Å². The lowest BCUT2D eigenvalue weighted by Gasteiger charge is -2.65. The van der Waals surface area contributed by atoms with Crippen molar-refractivity contribution in [1.29, 1.82) is 0 Å². The summed E-state index contributed by atoms with van der Waals surface area (Å²) in [7, 11) is 0. The second-order valence-corrected chi connectivity index (χ2v) is 15.6. The molecule has 0 amide bonds. The highest BCUT2D eigenvalue weighted by molar-refractivity contribution is 5.97. The molecule has 0 aromatic rings. The van der Waals surface area contributed by atoms with Gasteiger partial charge in [-0.25, -0.2) is 0 Å². The first-order chi connectivity index (χ1) is 19.5. The summed E-state index contributed by atoms with van der Waals surface area (Å²) < 4.78 is 11.1. The Morgan fingerprint density at radius 2 is 1.60 bits per heavy atom. The molecule has 4 aliphatic carbocycles. The van der Waals surface area contributed by atoms with E-state index in [-0.39, 0.29) is 30.5 Å². The summed E-state index contributed by atoms with van der Waals surface area (Å²) in [6.07, 6.45) is 3.18. The maximum absolute atomic E-state index is 14.5. The van der Waals surface area contributed by atoms with Crippen molar-refractivity contribution in [3.63, 3.8) is 0 Å². The molecule has 4 aliphatic rings. The molecule has 240 valence electrons. The minimum absolute atomic E-state index is 0.0178. The smallest absolute Gasteiger partial charge is 0.303 e. The molecule has 0 heterocycles. The third kappa shape index (κ3) is 4.94. The Kier molecular flexibility index (Phi) is 8.07. The number of ketones is 2. The number of rotatable bonds is 6. The van der Waals surface area contributed by atoms with E-state index in [0.29, 0.717) is 12.8 Å². The van der Waals surface area contributed by atoms with Crippen LogP contribution in [0.5, 0.6) is 0 Å². The number of ether oxygens (including phenoxy) is 2. The van der Waals surface area contributed by atoms with E-state index in [4.69, 9.17) is 9.47 Å². The standard InChI is InChI=1S/C34H50O9/c1-18(35)42-23-16-31(7)24-12-11-20-21(15-22(37)28(40)30(20,5)6)33(24,9)26(39)17-32(31,8)27(23)34(10,41)25(38)13-14-29(3,4)43-19(2)36/h11,13-14,21-24,27-28,37,40-41H,12,15-17H2,1-10H3/b14-13+/t21-,22+,23-,24+,27+,28-,31+,32-,33+,34?/m1/s1. The van der Waals surface area contributed by atoms with Gasteiger partial charge in [0.25, 0.3) is 0 Å². The summed E-state index contributed by atoms with van der Waals surface area (Å²) in [4.78, 5) is 52.1. The lowest BCUT2D eigenvalue weighted by atomic mass is 9.38. The first-order valence-corrected chi connectivity index (χ1v) is 15.4. The van der Waals surface area contributed by atoms with Gasteiger partial charge in [0.15, 0.2) is 5.78 Å². The lowest BCUT2D eigenvalue weighted by molar-refractivity contribution is -0.187. The maximum Gasteiger partial charge on any atom is 0.303 e. The zero-order valence-corrected chi connectivity index (χ0v) is 27.3. The van der Waals surface area contributed by atoms with Gasteiger partial charge in [-0.3, -0.25) is 19.2 Å². The van der Waals surface area contributed by atoms with Gasteiger partial charge in [-0.1, -0.05) is 46.3 Å². The topological polar surface area (TPSA) is 147 Å². The molecule has 0 aromatic carbocycles. The summed E-state index contributed by atoms with van der Waals surface area (Å²) in [5.74, 6) is -3.13. The average Bonchev–Trinajstić information content (AvgIpc) is 3.07. The molecular weight excluding hydrogens is 552 g/mol. The van der Waals surface area contributed by atoms with Crippen LogP contribution in [0.3, 0.4) is 0 Å². The molecule has 3 saturated carbocycles. The Labute approximate surface area is 255 Å². The van der Waals surface area contributed by atoms with Gasteiger partial charge in [-0.15, -0.1) is 0 Å². The summed E-state index contributed by atoms with van der Waals surface area (Å²) in [6, 6.07) is 0. The molecule has 0 aliphatic heterocycles. The molecule has 9 heteroatoms. The fourth-order valence-electron chi connectivity index (χ4n) is 9.83. The number of carbonyl (C=O) groups is 4. The molecule has 1 unspecified atom stereocenters. The molecule has 3 fully saturated rings. The highest BCUT2D eigenvalue weighted by Crippen LogP contribution is 2.74. The second-order valence-electron chi connectivity index (χ2n) is 15.6. The number of fused-ring (bicyclic) bond motifs is 5. The molecule has 10 atom stereocenters. The Balaban J connectivity index is 1.81. The number of hydrogen-bond donors (Lipinski definition) is 3. The summed E-state index contributed by atoms with van der Waals surface area (Å²) in [5.41, 5.74) is -5.28. The molecule has 3 N–H and O–H groups in total. The number of Topliss-reactive ketones (excluding diaryl/α,β-unsaturated/α-hetero) is 1. The molecule has 0 radical (unpaired) electrons. The predicted octanol–water partition coefficient (Wildman–Crippen LogP) is 3.86. The number of carbonyl (C=O) groups excluding carboxylic acids is 4. The van der Waals surface area contributed by atoms with Crippen LogP contribution in [0.2, 0.25) is 0 Å². The molecular formula is C34H50O9. The Morgan fingerprint density at radius 3 is 2.16 bits per heavy atom. The summed E-state index contributed by atoms with van der Waals surface area (Å²) >= 11 is 0. The normalized spacial score (nSPS) is 41.8. The van der Waals surface area contributed by atoms with Crippen LogP contribution in [-0.4, -0.2) is 68.3 Å². The predicted molar refractivity (Wildman–Crippen MR) is 158 cm³/mol. The van der Waals surface area contributed by atoms with E-state index in [2.05, 4.69) is 13.0 Å². The van der Waals surface area contributed by atoms with Crippen molar-refractivity contribution in [3.8, 4) is 0 Å². The highest BCUT2D eigenvalue weighted by Gasteiger charge is 2.75. The Hall–Kier alpha value is -2.36. The molecule has 0 saturated heterocycles. The van der Waals surface area contributed by atoms with Crippen LogP contribution in [-0.2, 0) is 28.7 Å². The van der Waals surface area contributed by atoms with E-state index in [0.717, 1.165) is 5.57 Å². The second kappa shape index (κ2) is 10.3. The minimum Gasteiger partial charge on any atom is -0.462 e. The first kappa shape index (κ1) is 33.5. The summed E-state index contributed by atoms with van der Waals surface area (Å²) in [5, 5.41) is 33.8. The van der Waals surface area contributed by atoms with Gasteiger partial charge < -0.3 is 24.8 Å². The molecule has 0 spiro atoms. The van der Waals surface area contributed by atoms with E-state index in [9.17, 15) is 34.5 Å². The van der Waals surface area contributed by atoms with Crippen molar-refractivity contribution in [2.75, 3.05) is 0 Å². The number of hydrogen-bond acceptors (Lipinski definition) is 9. The molecule has 0 bridgehead atoms. The van der Waals surface area contributed by atoms with Gasteiger partial charge in [-0.05, 0) is 74.9 Å². The fraction of sp³-hybridized carbons (Fsp3) is 0.765. The van der Waals surface area contributed by atoms with E-state index in [1.54, 1.807) is 13.8 Å². The van der Waals surface area contributed by atoms with Crippen LogP contribution in [0.4, 0.5) is 0 Å². The summed E-state index contributed by atoms with van der Waals surface area (Å²) in [6.45, 7) is 17.0. The van der Waals surface area contributed by atoms with Gasteiger partial charge in [0.1, 0.15) is 23.1 Å². The van der Waals surface area contributed by atoms with Crippen LogP contribution < -0.4 is 0 Å². The minimum atomic E-state index is -2.02. The van der Waals surface area contributed by atoms with Crippen LogP contribution >= 0.6 is 0 Å². The van der Waals surface area contributed by atoms with Crippen molar-refractivity contribution in [3.05, 3.63) is 23.8 Å². The van der Waals surface area contributed by atoms with Crippen LogP contribution in [0, 0.1) is 39.4 Å². The maximum atomic E-state index is 14.5. The van der Waals surface area contributed by atoms with E-state index >= 15 is 0 Å². The van der Waals surface area contributed by atoms with Crippen LogP contribution in [0.25, 0.3) is 0 Å². The van der Waals surface area contributed by atoms with E-state index in [1.807, 2.05) is 27.7 Å². The molecule has 0 aromatic heterocycles. The van der Waals surface area contributed by atoms with Crippen molar-refractivity contribution >= 4 is 23.5 Å². The Bertz CT molecular complexity index is 1270. The van der Waals surface area contributed by atoms with E-state index < -0.39 is 74.8 Å². The number of esters is 2. The zero-order valence-electron chi connectivity index (χ0n) is 27.3. The largest absolute Gasteiger partial charge is 0.462 e. The number of allylic oxidation sites excluding steroid dienone is 1. The van der Waals surface area contributed by atoms with Gasteiger partial charge >= 0.3 is 11.9 Å². The Morgan fingerprint density at radius 1 is 1.00 bits per heavy atom. The van der Waals surface area contributed by atoms with Crippen molar-refractivity contribution < 1.29 is 44.0 Å². The van der Waals surface area contributed by atoms with Crippen LogP contribution in [0.1, 0.15) is 94.9 Å². The number of aliphatic hydroxyl groups excluding tert-OH is 2. The van der Waals surface area contributed by atoms with Crippen molar-refractivity contribution in [2.24, 2.45) is 39.4 Å². The third-order valence-corrected chi connectivity index (χ3v) is 12.1. The highest BCUT2D eigenvalue weighted by atomic mass is 16.6. The lowest BCUT2D eigenvalue weighted by Crippen LogP contribution is -2.65. The van der Waals surface area contributed by atoms with E-state index in [1.165, 1.54) is 32.9 Å². The monoisotopic (exact) mass is 602 g/mol.